The van der Waals surface area contributed by atoms with Gasteiger partial charge in [0, 0.05) is 12.0 Å². The molecule has 0 spiro atoms. The molecule has 0 aliphatic heterocycles. The molecule has 3 heterocycles. The normalized spacial score (nSPS) is 18.3. The number of nitrogens with one attached hydrogen (secondary N) is 1. The molecule has 0 radical (unpaired) electrons. The highest BCUT2D eigenvalue weighted by atomic mass is 35.5. The lowest BCUT2D eigenvalue weighted by atomic mass is 9.79. The van der Waals surface area contributed by atoms with Gasteiger partial charge in [-0.25, -0.2) is 15.0 Å². The standard InChI is InChI=1S/C21H22ClN11O2/c1-9(27-18-15(16(23)25-8-26-18)19-29-31-32(2)30-19)20-28-13-5-3-4-12(22)14(13)21(35)33(20)11-6-10(7-11)17(24)34/h3-5,8-11H,6-7H2,1-2H3,(H2,24,34)(H3,23,25,26,27)/t9-,10?,11?/m0/s1. The van der Waals surface area contributed by atoms with Gasteiger partial charge in [-0.05, 0) is 37.1 Å². The summed E-state index contributed by atoms with van der Waals surface area (Å²) in [4.78, 5) is 39.6. The van der Waals surface area contributed by atoms with Crippen molar-refractivity contribution >= 4 is 40.0 Å². The Kier molecular flexibility index (Phi) is 5.55. The number of aromatic nitrogens is 8. The van der Waals surface area contributed by atoms with E-state index in [1.807, 2.05) is 6.92 Å². The monoisotopic (exact) mass is 495 g/mol. The van der Waals surface area contributed by atoms with Crippen LogP contribution in [0.4, 0.5) is 11.6 Å². The lowest BCUT2D eigenvalue weighted by Crippen LogP contribution is -2.42. The number of hydrogen-bond acceptors (Lipinski definition) is 10. The fraction of sp³-hybridized carbons (Fsp3) is 0.333. The first-order chi connectivity index (χ1) is 16.7. The number of primary amides is 1. The van der Waals surface area contributed by atoms with Crippen molar-refractivity contribution in [1.82, 2.24) is 39.7 Å². The molecule has 1 atom stereocenters. The van der Waals surface area contributed by atoms with Crippen molar-refractivity contribution in [3.8, 4) is 11.4 Å². The van der Waals surface area contributed by atoms with E-state index in [1.54, 1.807) is 29.8 Å². The molecule has 14 heteroatoms. The number of nitrogens with two attached hydrogens (primary N) is 2. The maximum absolute atomic E-state index is 13.6. The summed E-state index contributed by atoms with van der Waals surface area (Å²) < 4.78 is 1.59. The predicted molar refractivity (Wildman–Crippen MR) is 128 cm³/mol. The third-order valence-corrected chi connectivity index (χ3v) is 6.45. The number of amides is 1. The Hall–Kier alpha value is -4.13. The first-order valence-electron chi connectivity index (χ1n) is 10.9. The molecule has 4 aromatic rings. The Balaban J connectivity index is 1.60. The molecule has 1 saturated carbocycles. The Morgan fingerprint density at radius 1 is 1.29 bits per heavy atom. The smallest absolute Gasteiger partial charge is 0.263 e. The molecule has 13 nitrogen and oxygen atoms in total. The highest BCUT2D eigenvalue weighted by molar-refractivity contribution is 6.35. The van der Waals surface area contributed by atoms with E-state index < -0.39 is 6.04 Å². The lowest BCUT2D eigenvalue weighted by Gasteiger charge is -2.36. The summed E-state index contributed by atoms with van der Waals surface area (Å²) in [5.41, 5.74) is 12.1. The topological polar surface area (TPSA) is 185 Å². The van der Waals surface area contributed by atoms with Crippen LogP contribution in [-0.2, 0) is 11.8 Å². The number of hydrogen-bond donors (Lipinski definition) is 3. The van der Waals surface area contributed by atoms with E-state index in [1.165, 1.54) is 11.1 Å². The second-order valence-electron chi connectivity index (χ2n) is 8.45. The van der Waals surface area contributed by atoms with E-state index in [-0.39, 0.29) is 35.1 Å². The van der Waals surface area contributed by atoms with E-state index in [4.69, 9.17) is 28.1 Å². The van der Waals surface area contributed by atoms with Gasteiger partial charge in [-0.15, -0.1) is 10.2 Å². The van der Waals surface area contributed by atoms with Gasteiger partial charge >= 0.3 is 0 Å². The van der Waals surface area contributed by atoms with Gasteiger partial charge in [0.1, 0.15) is 29.4 Å². The Morgan fingerprint density at radius 2 is 2.06 bits per heavy atom. The van der Waals surface area contributed by atoms with Gasteiger partial charge in [-0.1, -0.05) is 17.7 Å². The minimum atomic E-state index is -0.511. The highest BCUT2D eigenvalue weighted by Gasteiger charge is 2.37. The molecule has 5 rings (SSSR count). The fourth-order valence-corrected chi connectivity index (χ4v) is 4.54. The van der Waals surface area contributed by atoms with Gasteiger partial charge in [0.2, 0.25) is 11.7 Å². The van der Waals surface area contributed by atoms with Crippen molar-refractivity contribution in [3.05, 3.63) is 45.7 Å². The van der Waals surface area contributed by atoms with Gasteiger partial charge in [-0.3, -0.25) is 14.2 Å². The van der Waals surface area contributed by atoms with Crippen molar-refractivity contribution in [1.29, 1.82) is 0 Å². The summed E-state index contributed by atoms with van der Waals surface area (Å²) in [7, 11) is 1.63. The van der Waals surface area contributed by atoms with Gasteiger partial charge in [0.15, 0.2) is 0 Å². The number of benzene rings is 1. The lowest BCUT2D eigenvalue weighted by molar-refractivity contribution is -0.125. The molecule has 5 N–H and O–H groups in total. The average molecular weight is 496 g/mol. The van der Waals surface area contributed by atoms with Crippen molar-refractivity contribution in [2.45, 2.75) is 31.8 Å². The number of aryl methyl sites for hydroxylation is 1. The quantitative estimate of drug-likeness (QED) is 0.351. The molecule has 1 aromatic carbocycles. The van der Waals surface area contributed by atoms with E-state index in [0.29, 0.717) is 46.0 Å². The number of anilines is 2. The molecule has 1 amide bonds. The van der Waals surface area contributed by atoms with E-state index in [2.05, 4.69) is 30.7 Å². The zero-order valence-electron chi connectivity index (χ0n) is 18.9. The van der Waals surface area contributed by atoms with Gasteiger partial charge in [-0.2, -0.15) is 4.80 Å². The number of tetrazole rings is 1. The third kappa shape index (κ3) is 3.93. The molecule has 3 aromatic heterocycles. The number of nitrogens with zero attached hydrogens (tertiary/aromatic N) is 8. The van der Waals surface area contributed by atoms with Crippen molar-refractivity contribution in [2.75, 3.05) is 11.1 Å². The molecular weight excluding hydrogens is 474 g/mol. The summed E-state index contributed by atoms with van der Waals surface area (Å²) in [6, 6.07) is 4.36. The van der Waals surface area contributed by atoms with Crippen LogP contribution < -0.4 is 22.3 Å². The van der Waals surface area contributed by atoms with Crippen LogP contribution in [0.3, 0.4) is 0 Å². The molecule has 180 valence electrons. The first kappa shape index (κ1) is 22.7. The third-order valence-electron chi connectivity index (χ3n) is 6.14. The summed E-state index contributed by atoms with van der Waals surface area (Å²) in [6.07, 6.45) is 2.21. The van der Waals surface area contributed by atoms with Crippen LogP contribution in [0.15, 0.2) is 29.3 Å². The number of carbonyl (C=O) groups is 1. The minimum Gasteiger partial charge on any atom is -0.383 e. The highest BCUT2D eigenvalue weighted by Crippen LogP contribution is 2.39. The number of fused-ring (bicyclic) bond motifs is 1. The number of halogens is 1. The average Bonchev–Trinajstić information content (AvgIpc) is 3.19. The van der Waals surface area contributed by atoms with Crippen LogP contribution in [0.1, 0.15) is 37.7 Å². The molecule has 0 saturated heterocycles. The molecule has 0 unspecified atom stereocenters. The Labute approximate surface area is 203 Å². The van der Waals surface area contributed by atoms with Crippen LogP contribution in [-0.4, -0.2) is 45.6 Å². The van der Waals surface area contributed by atoms with E-state index in [9.17, 15) is 9.59 Å². The Bertz CT molecular complexity index is 1510. The number of carbonyl (C=O) groups excluding carboxylic acids is 1. The maximum Gasteiger partial charge on any atom is 0.263 e. The van der Waals surface area contributed by atoms with Crippen LogP contribution in [0.2, 0.25) is 5.02 Å². The zero-order chi connectivity index (χ0) is 24.9. The molecular formula is C21H22ClN11O2. The van der Waals surface area contributed by atoms with Crippen molar-refractivity contribution < 1.29 is 4.79 Å². The summed E-state index contributed by atoms with van der Waals surface area (Å²) in [5, 5.41) is 16.0. The maximum atomic E-state index is 13.6. The van der Waals surface area contributed by atoms with E-state index in [0.717, 1.165) is 0 Å². The van der Waals surface area contributed by atoms with Crippen molar-refractivity contribution in [2.24, 2.45) is 18.7 Å². The summed E-state index contributed by atoms with van der Waals surface area (Å²) in [5.74, 6) is 0.551. The SMILES string of the molecule is C[C@H](Nc1ncnc(N)c1-c1nnn(C)n1)c1nc2cccc(Cl)c2c(=O)n1C1CC(C(N)=O)C1. The number of nitrogen functional groups attached to an aromatic ring is 1. The summed E-state index contributed by atoms with van der Waals surface area (Å²) in [6.45, 7) is 1.84. The van der Waals surface area contributed by atoms with Crippen LogP contribution >= 0.6 is 11.6 Å². The second kappa shape index (κ2) is 8.58. The molecule has 1 aliphatic rings. The van der Waals surface area contributed by atoms with Gasteiger partial charge in [0.25, 0.3) is 5.56 Å². The van der Waals surface area contributed by atoms with E-state index >= 15 is 0 Å². The van der Waals surface area contributed by atoms with Crippen molar-refractivity contribution in [3.63, 3.8) is 0 Å². The molecule has 1 fully saturated rings. The molecule has 35 heavy (non-hydrogen) atoms. The first-order valence-corrected chi connectivity index (χ1v) is 11.2. The van der Waals surface area contributed by atoms with Crippen LogP contribution in [0.5, 0.6) is 0 Å². The minimum absolute atomic E-state index is 0.168. The van der Waals surface area contributed by atoms with Crippen LogP contribution in [0, 0.1) is 5.92 Å². The molecule has 0 bridgehead atoms. The largest absolute Gasteiger partial charge is 0.383 e. The van der Waals surface area contributed by atoms with Gasteiger partial charge in [0.05, 0.1) is 29.0 Å². The van der Waals surface area contributed by atoms with Crippen LogP contribution in [0.25, 0.3) is 22.3 Å². The van der Waals surface area contributed by atoms with Gasteiger partial charge < -0.3 is 16.8 Å². The molecule has 1 aliphatic carbocycles. The summed E-state index contributed by atoms with van der Waals surface area (Å²) >= 11 is 6.35. The second-order valence-corrected chi connectivity index (χ2v) is 8.86. The number of rotatable bonds is 6. The Morgan fingerprint density at radius 3 is 2.74 bits per heavy atom. The zero-order valence-corrected chi connectivity index (χ0v) is 19.6. The predicted octanol–water partition coefficient (Wildman–Crippen LogP) is 1.22. The fourth-order valence-electron chi connectivity index (χ4n) is 4.29.